The Balaban J connectivity index is 2.18. The Morgan fingerprint density at radius 1 is 1.08 bits per heavy atom. The van der Waals surface area contributed by atoms with E-state index in [1.807, 2.05) is 6.07 Å². The second kappa shape index (κ2) is 6.41. The smallest absolute Gasteiger partial charge is 0.359 e. The van der Waals surface area contributed by atoms with Gasteiger partial charge in [-0.1, -0.05) is 12.1 Å². The summed E-state index contributed by atoms with van der Waals surface area (Å²) in [4.78, 5) is 31.4. The number of hydrogen-bond acceptors (Lipinski definition) is 6. The summed E-state index contributed by atoms with van der Waals surface area (Å²) in [5.74, 6) is -0.580. The van der Waals surface area contributed by atoms with Crippen LogP contribution in [0.25, 0.3) is 22.3 Å². The molecule has 0 aliphatic heterocycles. The number of ether oxygens (including phenoxy) is 1. The van der Waals surface area contributed by atoms with Crippen molar-refractivity contribution in [3.63, 3.8) is 0 Å². The minimum absolute atomic E-state index is 0.0369. The predicted octanol–water partition coefficient (Wildman–Crippen LogP) is 3.38. The van der Waals surface area contributed by atoms with E-state index >= 15 is 0 Å². The number of nitro groups is 1. The van der Waals surface area contributed by atoms with Gasteiger partial charge >= 0.3 is 5.97 Å². The van der Waals surface area contributed by atoms with Gasteiger partial charge in [-0.2, -0.15) is 0 Å². The number of esters is 1. The summed E-state index contributed by atoms with van der Waals surface area (Å²) >= 11 is 0. The van der Waals surface area contributed by atoms with Gasteiger partial charge in [0.2, 0.25) is 0 Å². The van der Waals surface area contributed by atoms with Crippen molar-refractivity contribution in [3.05, 3.63) is 64.3 Å². The molecule has 7 nitrogen and oxygen atoms in total. The number of nitrogens with zero attached hydrogens (tertiary/aromatic N) is 3. The van der Waals surface area contributed by atoms with E-state index in [1.165, 1.54) is 12.1 Å². The Bertz CT molecular complexity index is 923. The van der Waals surface area contributed by atoms with Crippen molar-refractivity contribution in [2.75, 3.05) is 6.61 Å². The zero-order valence-corrected chi connectivity index (χ0v) is 12.8. The maximum atomic E-state index is 12.2. The topological polar surface area (TPSA) is 95.2 Å². The Kier molecular flexibility index (Phi) is 4.15. The van der Waals surface area contributed by atoms with Crippen LogP contribution in [0.2, 0.25) is 0 Å². The fourth-order valence-electron chi connectivity index (χ4n) is 2.28. The van der Waals surface area contributed by atoms with E-state index in [4.69, 9.17) is 4.74 Å². The number of benzene rings is 2. The summed E-state index contributed by atoms with van der Waals surface area (Å²) in [6.07, 6.45) is 0. The van der Waals surface area contributed by atoms with Crippen molar-refractivity contribution in [1.29, 1.82) is 0 Å². The predicted molar refractivity (Wildman–Crippen MR) is 87.6 cm³/mol. The van der Waals surface area contributed by atoms with Gasteiger partial charge in [-0.25, -0.2) is 14.8 Å². The molecular weight excluding hydrogens is 310 g/mol. The third kappa shape index (κ3) is 2.91. The van der Waals surface area contributed by atoms with Crippen LogP contribution in [0.1, 0.15) is 17.4 Å². The number of rotatable bonds is 4. The van der Waals surface area contributed by atoms with Gasteiger partial charge < -0.3 is 4.74 Å². The molecule has 0 aliphatic rings. The average molecular weight is 323 g/mol. The molecule has 3 rings (SSSR count). The maximum absolute atomic E-state index is 12.2. The molecule has 0 fully saturated rings. The Morgan fingerprint density at radius 2 is 1.71 bits per heavy atom. The highest BCUT2D eigenvalue weighted by molar-refractivity contribution is 5.96. The van der Waals surface area contributed by atoms with Crippen LogP contribution in [0.15, 0.2) is 48.5 Å². The number of fused-ring (bicyclic) bond motifs is 1. The van der Waals surface area contributed by atoms with Crippen LogP contribution in [0.5, 0.6) is 0 Å². The molecule has 3 aromatic rings. The molecule has 1 aromatic heterocycles. The standard InChI is InChI=1S/C17H13N3O4/c1-2-24-17(21)16-15(11-7-9-12(10-8-11)20(22)23)18-13-5-3-4-6-14(13)19-16/h3-10H,2H2,1H3. The number of hydrogen-bond donors (Lipinski definition) is 0. The molecule has 0 radical (unpaired) electrons. The van der Waals surface area contributed by atoms with Gasteiger partial charge in [0.15, 0.2) is 5.69 Å². The Labute approximate surface area is 137 Å². The van der Waals surface area contributed by atoms with E-state index in [9.17, 15) is 14.9 Å². The van der Waals surface area contributed by atoms with Crippen LogP contribution in [0, 0.1) is 10.1 Å². The van der Waals surface area contributed by atoms with Crippen LogP contribution >= 0.6 is 0 Å². The normalized spacial score (nSPS) is 10.5. The van der Waals surface area contributed by atoms with Crippen LogP contribution in [-0.4, -0.2) is 27.5 Å². The molecule has 2 aromatic carbocycles. The molecule has 7 heteroatoms. The van der Waals surface area contributed by atoms with Gasteiger partial charge in [-0.05, 0) is 31.2 Å². The Morgan fingerprint density at radius 3 is 2.29 bits per heavy atom. The molecule has 0 aliphatic carbocycles. The van der Waals surface area contributed by atoms with Crippen molar-refractivity contribution < 1.29 is 14.5 Å². The third-order valence-electron chi connectivity index (χ3n) is 3.39. The molecule has 0 spiro atoms. The van der Waals surface area contributed by atoms with Crippen LogP contribution in [0.3, 0.4) is 0 Å². The first kappa shape index (κ1) is 15.5. The molecule has 0 amide bonds. The minimum Gasteiger partial charge on any atom is -0.461 e. The third-order valence-corrected chi connectivity index (χ3v) is 3.39. The number of nitro benzene ring substituents is 1. The molecule has 0 unspecified atom stereocenters. The summed E-state index contributed by atoms with van der Waals surface area (Å²) in [7, 11) is 0. The van der Waals surface area contributed by atoms with E-state index in [0.717, 1.165) is 0 Å². The highest BCUT2D eigenvalue weighted by atomic mass is 16.6. The highest BCUT2D eigenvalue weighted by Crippen LogP contribution is 2.26. The van der Waals surface area contributed by atoms with Gasteiger partial charge in [0.1, 0.15) is 5.69 Å². The lowest BCUT2D eigenvalue weighted by atomic mass is 10.1. The van der Waals surface area contributed by atoms with Crippen molar-refractivity contribution in [1.82, 2.24) is 9.97 Å². The second-order valence-electron chi connectivity index (χ2n) is 4.93. The first-order chi connectivity index (χ1) is 11.6. The quantitative estimate of drug-likeness (QED) is 0.415. The van der Waals surface area contributed by atoms with Crippen molar-refractivity contribution in [3.8, 4) is 11.3 Å². The van der Waals surface area contributed by atoms with Crippen LogP contribution in [-0.2, 0) is 4.74 Å². The van der Waals surface area contributed by atoms with E-state index in [-0.39, 0.29) is 18.0 Å². The fraction of sp³-hybridized carbons (Fsp3) is 0.118. The van der Waals surface area contributed by atoms with Gasteiger partial charge in [-0.3, -0.25) is 10.1 Å². The molecule has 24 heavy (non-hydrogen) atoms. The summed E-state index contributed by atoms with van der Waals surface area (Å²) < 4.78 is 5.05. The molecule has 0 N–H and O–H groups in total. The molecule has 0 saturated heterocycles. The lowest BCUT2D eigenvalue weighted by Gasteiger charge is -2.09. The SMILES string of the molecule is CCOC(=O)c1nc2ccccc2nc1-c1ccc([N+](=O)[O-])cc1. The number of non-ortho nitro benzene ring substituents is 1. The lowest BCUT2D eigenvalue weighted by molar-refractivity contribution is -0.384. The number of carbonyl (C=O) groups is 1. The van der Waals surface area contributed by atoms with E-state index in [0.29, 0.717) is 22.3 Å². The largest absolute Gasteiger partial charge is 0.461 e. The zero-order chi connectivity index (χ0) is 17.1. The molecular formula is C17H13N3O4. The second-order valence-corrected chi connectivity index (χ2v) is 4.93. The molecule has 0 atom stereocenters. The molecule has 120 valence electrons. The van der Waals surface area contributed by atoms with Crippen molar-refractivity contribution >= 4 is 22.7 Å². The highest BCUT2D eigenvalue weighted by Gasteiger charge is 2.19. The van der Waals surface area contributed by atoms with E-state index in [2.05, 4.69) is 9.97 Å². The molecule has 1 heterocycles. The van der Waals surface area contributed by atoms with Gasteiger partial charge in [0.25, 0.3) is 5.69 Å². The fourth-order valence-corrected chi connectivity index (χ4v) is 2.28. The van der Waals surface area contributed by atoms with E-state index in [1.54, 1.807) is 37.3 Å². The summed E-state index contributed by atoms with van der Waals surface area (Å²) in [6.45, 7) is 1.92. The first-order valence-electron chi connectivity index (χ1n) is 7.29. The average Bonchev–Trinajstić information content (AvgIpc) is 2.61. The number of carbonyl (C=O) groups excluding carboxylic acids is 1. The van der Waals surface area contributed by atoms with Crippen molar-refractivity contribution in [2.45, 2.75) is 6.92 Å². The summed E-state index contributed by atoms with van der Waals surface area (Å²) in [6, 6.07) is 13.0. The van der Waals surface area contributed by atoms with Gasteiger partial charge in [0, 0.05) is 17.7 Å². The van der Waals surface area contributed by atoms with Gasteiger partial charge in [-0.15, -0.1) is 0 Å². The molecule has 0 bridgehead atoms. The first-order valence-corrected chi connectivity index (χ1v) is 7.29. The van der Waals surface area contributed by atoms with Gasteiger partial charge in [0.05, 0.1) is 22.6 Å². The minimum atomic E-state index is -0.580. The zero-order valence-electron chi connectivity index (χ0n) is 12.8. The summed E-state index contributed by atoms with van der Waals surface area (Å²) in [5, 5.41) is 10.8. The monoisotopic (exact) mass is 323 g/mol. The number of para-hydroxylation sites is 2. The lowest BCUT2D eigenvalue weighted by Crippen LogP contribution is -2.10. The van der Waals surface area contributed by atoms with Crippen molar-refractivity contribution in [2.24, 2.45) is 0 Å². The Hall–Kier alpha value is -3.35. The number of aromatic nitrogens is 2. The maximum Gasteiger partial charge on any atom is 0.359 e. The molecule has 0 saturated carbocycles. The van der Waals surface area contributed by atoms with Crippen LogP contribution < -0.4 is 0 Å². The summed E-state index contributed by atoms with van der Waals surface area (Å²) in [5.41, 5.74) is 2.14. The van der Waals surface area contributed by atoms with E-state index < -0.39 is 10.9 Å². The van der Waals surface area contributed by atoms with Crippen LogP contribution in [0.4, 0.5) is 5.69 Å².